The molecule has 31 heavy (non-hydrogen) atoms. The van der Waals surface area contributed by atoms with E-state index in [4.69, 9.17) is 16.6 Å². The highest BCUT2D eigenvalue weighted by atomic mass is 35.5. The molecule has 0 saturated heterocycles. The number of rotatable bonds is 4. The van der Waals surface area contributed by atoms with E-state index in [1.165, 1.54) is 16.5 Å². The monoisotopic (exact) mass is 476 g/mol. The van der Waals surface area contributed by atoms with Crippen LogP contribution >= 0.6 is 34.7 Å². The van der Waals surface area contributed by atoms with Crippen LogP contribution in [0.1, 0.15) is 30.2 Å². The van der Waals surface area contributed by atoms with Crippen LogP contribution in [0.3, 0.4) is 0 Å². The van der Waals surface area contributed by atoms with Crippen molar-refractivity contribution in [2.45, 2.75) is 43.0 Å². The number of hydrogen-bond acceptors (Lipinski definition) is 6. The van der Waals surface area contributed by atoms with E-state index in [1.54, 1.807) is 42.5 Å². The predicted molar refractivity (Wildman–Crippen MR) is 125 cm³/mol. The molecule has 4 rings (SSSR count). The van der Waals surface area contributed by atoms with Crippen LogP contribution in [0.2, 0.25) is 5.02 Å². The maximum Gasteiger partial charge on any atom is 0.321 e. The molecule has 3 amide bonds. The zero-order valence-corrected chi connectivity index (χ0v) is 19.4. The molecule has 0 radical (unpaired) electrons. The summed E-state index contributed by atoms with van der Waals surface area (Å²) in [7, 11) is 1.44. The second-order valence-corrected chi connectivity index (χ2v) is 10.1. The van der Waals surface area contributed by atoms with E-state index in [-0.39, 0.29) is 5.56 Å². The summed E-state index contributed by atoms with van der Waals surface area (Å²) >= 11 is 8.74. The van der Waals surface area contributed by atoms with Gasteiger partial charge in [0.15, 0.2) is 5.16 Å². The minimum Gasteiger partial charge on any atom is -0.341 e. The van der Waals surface area contributed by atoms with Crippen molar-refractivity contribution < 1.29 is 9.59 Å². The average Bonchev–Trinajstić information content (AvgIpc) is 3.13. The number of halogens is 1. The Morgan fingerprint density at radius 2 is 1.94 bits per heavy atom. The topological polar surface area (TPSA) is 93.1 Å². The number of benzene rings is 1. The van der Waals surface area contributed by atoms with Crippen LogP contribution in [0.25, 0.3) is 15.9 Å². The maximum absolute atomic E-state index is 13.7. The first-order valence-electron chi connectivity index (χ1n) is 9.91. The SMILES string of the molecule is CNC(=O)NC(=O)C(C)Sc1nc2sc3c(c2c(=O)n1-c1ccc(Cl)cc1)CCCC3. The molecule has 1 unspecified atom stereocenters. The molecule has 3 aromatic rings. The molecule has 0 bridgehead atoms. The third kappa shape index (κ3) is 4.35. The first kappa shape index (κ1) is 21.9. The zero-order chi connectivity index (χ0) is 22.1. The molecule has 1 aliphatic carbocycles. The molecule has 1 aliphatic rings. The third-order valence-electron chi connectivity index (χ3n) is 5.16. The molecule has 0 spiro atoms. The Labute approximate surface area is 192 Å². The molecule has 2 heterocycles. The van der Waals surface area contributed by atoms with Crippen molar-refractivity contribution in [1.82, 2.24) is 20.2 Å². The van der Waals surface area contributed by atoms with Crippen molar-refractivity contribution in [3.8, 4) is 5.69 Å². The number of thioether (sulfide) groups is 1. The number of aryl methyl sites for hydroxylation is 2. The zero-order valence-electron chi connectivity index (χ0n) is 17.0. The summed E-state index contributed by atoms with van der Waals surface area (Å²) in [5.74, 6) is -0.466. The second kappa shape index (κ2) is 9.02. The fourth-order valence-corrected chi connectivity index (χ4v) is 5.93. The molecular weight excluding hydrogens is 456 g/mol. The Balaban J connectivity index is 1.84. The fourth-order valence-electron chi connectivity index (χ4n) is 3.57. The van der Waals surface area contributed by atoms with E-state index in [2.05, 4.69) is 10.6 Å². The van der Waals surface area contributed by atoms with Crippen molar-refractivity contribution in [3.05, 3.63) is 50.1 Å². The van der Waals surface area contributed by atoms with Crippen LogP contribution in [-0.2, 0) is 17.6 Å². The Bertz CT molecular complexity index is 1220. The number of nitrogens with zero attached hydrogens (tertiary/aromatic N) is 2. The smallest absolute Gasteiger partial charge is 0.321 e. The van der Waals surface area contributed by atoms with Gasteiger partial charge in [-0.15, -0.1) is 11.3 Å². The van der Waals surface area contributed by atoms with Gasteiger partial charge in [-0.2, -0.15) is 0 Å². The number of thiophene rings is 1. The number of carbonyl (C=O) groups is 2. The molecule has 10 heteroatoms. The lowest BCUT2D eigenvalue weighted by Crippen LogP contribution is -2.41. The van der Waals surface area contributed by atoms with Crippen molar-refractivity contribution in [3.63, 3.8) is 0 Å². The molecule has 0 fully saturated rings. The van der Waals surface area contributed by atoms with Gasteiger partial charge >= 0.3 is 6.03 Å². The number of hydrogen-bond donors (Lipinski definition) is 2. The standard InChI is InChI=1S/C21H21ClN4O3S2/c1-11(17(27)24-20(29)23-2)30-21-25-18-16(14-5-3-4-6-15(14)31-18)19(28)26(21)13-9-7-12(22)8-10-13/h7-11H,3-6H2,1-2H3,(H2,23,24,27,29). The maximum atomic E-state index is 13.7. The molecule has 0 aliphatic heterocycles. The first-order valence-corrected chi connectivity index (χ1v) is 12.0. The highest BCUT2D eigenvalue weighted by molar-refractivity contribution is 8.00. The lowest BCUT2D eigenvalue weighted by molar-refractivity contribution is -0.119. The van der Waals surface area contributed by atoms with Crippen molar-refractivity contribution in [2.75, 3.05) is 7.05 Å². The number of urea groups is 1. The minimum atomic E-state index is -0.644. The van der Waals surface area contributed by atoms with Crippen LogP contribution in [0.4, 0.5) is 4.79 Å². The van der Waals surface area contributed by atoms with Gasteiger partial charge in [0, 0.05) is 16.9 Å². The summed E-state index contributed by atoms with van der Waals surface area (Å²) in [6.07, 6.45) is 4.02. The Hall–Kier alpha value is -2.36. The number of nitrogens with one attached hydrogen (secondary N) is 2. The molecule has 7 nitrogen and oxygen atoms in total. The summed E-state index contributed by atoms with van der Waals surface area (Å²) in [6.45, 7) is 1.67. The number of imide groups is 1. The summed E-state index contributed by atoms with van der Waals surface area (Å²) in [6, 6.07) is 6.37. The van der Waals surface area contributed by atoms with Gasteiger partial charge in [-0.05, 0) is 62.4 Å². The largest absolute Gasteiger partial charge is 0.341 e. The Morgan fingerprint density at radius 3 is 2.65 bits per heavy atom. The highest BCUT2D eigenvalue weighted by Gasteiger charge is 2.25. The third-order valence-corrected chi connectivity index (χ3v) is 7.65. The molecule has 2 N–H and O–H groups in total. The van der Waals surface area contributed by atoms with Crippen LogP contribution in [0.15, 0.2) is 34.2 Å². The van der Waals surface area contributed by atoms with Gasteiger partial charge in [0.25, 0.3) is 5.56 Å². The minimum absolute atomic E-state index is 0.145. The lowest BCUT2D eigenvalue weighted by Gasteiger charge is -2.16. The summed E-state index contributed by atoms with van der Waals surface area (Å²) in [5.41, 5.74) is 1.59. The van der Waals surface area contributed by atoms with Gasteiger partial charge in [-0.25, -0.2) is 9.78 Å². The van der Waals surface area contributed by atoms with E-state index in [9.17, 15) is 14.4 Å². The fraction of sp³-hybridized carbons (Fsp3) is 0.333. The van der Waals surface area contributed by atoms with Crippen molar-refractivity contribution >= 4 is 56.9 Å². The van der Waals surface area contributed by atoms with E-state index >= 15 is 0 Å². The predicted octanol–water partition coefficient (Wildman–Crippen LogP) is 3.92. The number of fused-ring (bicyclic) bond motifs is 3. The molecule has 0 saturated carbocycles. The van der Waals surface area contributed by atoms with Gasteiger partial charge in [0.1, 0.15) is 4.83 Å². The molecular formula is C21H21ClN4O3S2. The average molecular weight is 477 g/mol. The quantitative estimate of drug-likeness (QED) is 0.440. The molecule has 1 aromatic carbocycles. The van der Waals surface area contributed by atoms with Gasteiger partial charge in [0.05, 0.1) is 16.3 Å². The van der Waals surface area contributed by atoms with Gasteiger partial charge in [-0.1, -0.05) is 23.4 Å². The number of aromatic nitrogens is 2. The van der Waals surface area contributed by atoms with Crippen LogP contribution in [0.5, 0.6) is 0 Å². The second-order valence-electron chi connectivity index (χ2n) is 7.23. The van der Waals surface area contributed by atoms with E-state index in [1.807, 2.05) is 0 Å². The molecule has 162 valence electrons. The summed E-state index contributed by atoms with van der Waals surface area (Å²) < 4.78 is 1.54. The van der Waals surface area contributed by atoms with Crippen LogP contribution < -0.4 is 16.2 Å². The Morgan fingerprint density at radius 1 is 1.23 bits per heavy atom. The van der Waals surface area contributed by atoms with Crippen LogP contribution in [-0.4, -0.2) is 33.8 Å². The van der Waals surface area contributed by atoms with E-state index in [0.29, 0.717) is 26.1 Å². The highest BCUT2D eigenvalue weighted by Crippen LogP contribution is 2.35. The van der Waals surface area contributed by atoms with Gasteiger partial charge in [0.2, 0.25) is 5.91 Å². The van der Waals surface area contributed by atoms with E-state index in [0.717, 1.165) is 43.0 Å². The van der Waals surface area contributed by atoms with Crippen LogP contribution in [0, 0.1) is 0 Å². The van der Waals surface area contributed by atoms with Gasteiger partial charge < -0.3 is 5.32 Å². The van der Waals surface area contributed by atoms with Gasteiger partial charge in [-0.3, -0.25) is 19.5 Å². The van der Waals surface area contributed by atoms with Crippen molar-refractivity contribution in [1.29, 1.82) is 0 Å². The lowest BCUT2D eigenvalue weighted by atomic mass is 9.97. The Kier molecular flexibility index (Phi) is 6.36. The number of carbonyl (C=O) groups excluding carboxylic acids is 2. The van der Waals surface area contributed by atoms with Crippen molar-refractivity contribution in [2.24, 2.45) is 0 Å². The summed E-state index contributed by atoms with van der Waals surface area (Å²) in [4.78, 5) is 44.3. The normalized spacial score (nSPS) is 14.2. The van der Waals surface area contributed by atoms with E-state index < -0.39 is 17.2 Å². The number of amides is 3. The first-order chi connectivity index (χ1) is 14.9. The molecule has 1 atom stereocenters. The molecule has 2 aromatic heterocycles. The summed E-state index contributed by atoms with van der Waals surface area (Å²) in [5, 5.41) is 5.61.